The molecule has 0 aliphatic rings. The first kappa shape index (κ1) is 10.1. The Balaban J connectivity index is 2.92. The van der Waals surface area contributed by atoms with Crippen LogP contribution in [0.2, 0.25) is 0 Å². The van der Waals surface area contributed by atoms with Gasteiger partial charge in [0.25, 0.3) is 0 Å². The number of aromatic nitrogens is 2. The second-order valence-corrected chi connectivity index (χ2v) is 4.34. The van der Waals surface area contributed by atoms with E-state index in [-0.39, 0.29) is 0 Å². The third-order valence-corrected chi connectivity index (χ3v) is 3.05. The molecule has 0 radical (unpaired) electrons. The van der Waals surface area contributed by atoms with Crippen LogP contribution in [-0.4, -0.2) is 4.98 Å². The monoisotopic (exact) mass is 205 g/mol. The SMILES string of the molecule is Cc1c(C(C)C)[n+](C)c(C)c2ocnc12. The Morgan fingerprint density at radius 2 is 2.00 bits per heavy atom. The predicted octanol–water partition coefficient (Wildman–Crippen LogP) is 2.39. The van der Waals surface area contributed by atoms with Gasteiger partial charge >= 0.3 is 0 Å². The van der Waals surface area contributed by atoms with Gasteiger partial charge in [-0.3, -0.25) is 0 Å². The average molecular weight is 205 g/mol. The molecule has 0 bridgehead atoms. The molecule has 0 aromatic carbocycles. The molecular formula is C12H17N2O+. The number of fused-ring (bicyclic) bond motifs is 1. The minimum absolute atomic E-state index is 0.495. The molecular weight excluding hydrogens is 188 g/mol. The fourth-order valence-corrected chi connectivity index (χ4v) is 2.30. The van der Waals surface area contributed by atoms with Crippen LogP contribution in [0.25, 0.3) is 11.1 Å². The minimum atomic E-state index is 0.495. The maximum Gasteiger partial charge on any atom is 0.223 e. The summed E-state index contributed by atoms with van der Waals surface area (Å²) in [5.41, 5.74) is 5.58. The standard InChI is InChI=1S/C12H17N2O/c1-7(2)11-8(3)10-12(15-6-13-10)9(4)14(11)5/h6-7H,1-5H3/q+1. The Bertz CT molecular complexity index is 512. The average Bonchev–Trinajstić information content (AvgIpc) is 2.62. The highest BCUT2D eigenvalue weighted by Crippen LogP contribution is 2.24. The van der Waals surface area contributed by atoms with Crippen LogP contribution in [0, 0.1) is 13.8 Å². The van der Waals surface area contributed by atoms with Crippen molar-refractivity contribution in [3.63, 3.8) is 0 Å². The van der Waals surface area contributed by atoms with E-state index in [0.29, 0.717) is 5.92 Å². The molecule has 15 heavy (non-hydrogen) atoms. The number of oxazole rings is 1. The zero-order chi connectivity index (χ0) is 11.2. The first-order valence-corrected chi connectivity index (χ1v) is 5.26. The van der Waals surface area contributed by atoms with Gasteiger partial charge in [0.1, 0.15) is 12.6 Å². The molecule has 0 amide bonds. The molecule has 0 saturated carbocycles. The Labute approximate surface area is 89.7 Å². The summed E-state index contributed by atoms with van der Waals surface area (Å²) < 4.78 is 7.62. The minimum Gasteiger partial charge on any atom is -0.437 e. The molecule has 0 spiro atoms. The molecule has 0 aliphatic carbocycles. The Morgan fingerprint density at radius 3 is 2.60 bits per heavy atom. The summed E-state index contributed by atoms with van der Waals surface area (Å²) in [5.74, 6) is 0.495. The quantitative estimate of drug-likeness (QED) is 0.669. The van der Waals surface area contributed by atoms with Gasteiger partial charge in [-0.25, -0.2) is 4.98 Å². The van der Waals surface area contributed by atoms with E-state index in [1.165, 1.54) is 17.7 Å². The second kappa shape index (κ2) is 3.33. The van der Waals surface area contributed by atoms with Crippen molar-refractivity contribution >= 4 is 11.1 Å². The number of nitrogens with zero attached hydrogens (tertiary/aromatic N) is 2. The van der Waals surface area contributed by atoms with E-state index in [4.69, 9.17) is 4.42 Å². The van der Waals surface area contributed by atoms with Crippen molar-refractivity contribution in [1.82, 2.24) is 4.98 Å². The maximum atomic E-state index is 5.41. The van der Waals surface area contributed by atoms with Crippen LogP contribution in [-0.2, 0) is 7.05 Å². The lowest BCUT2D eigenvalue weighted by Crippen LogP contribution is -2.38. The molecule has 3 heteroatoms. The highest BCUT2D eigenvalue weighted by Gasteiger charge is 2.24. The lowest BCUT2D eigenvalue weighted by atomic mass is 10.0. The van der Waals surface area contributed by atoms with Crippen molar-refractivity contribution in [2.24, 2.45) is 7.05 Å². The van der Waals surface area contributed by atoms with E-state index in [1.54, 1.807) is 0 Å². The molecule has 2 heterocycles. The molecule has 0 fully saturated rings. The van der Waals surface area contributed by atoms with Crippen LogP contribution >= 0.6 is 0 Å². The van der Waals surface area contributed by atoms with E-state index >= 15 is 0 Å². The van der Waals surface area contributed by atoms with Crippen molar-refractivity contribution in [2.45, 2.75) is 33.6 Å². The zero-order valence-corrected chi connectivity index (χ0v) is 9.96. The van der Waals surface area contributed by atoms with Gasteiger partial charge in [0, 0.05) is 18.4 Å². The number of hydrogen-bond acceptors (Lipinski definition) is 2. The molecule has 2 rings (SSSR count). The van der Waals surface area contributed by atoms with E-state index in [1.807, 2.05) is 0 Å². The highest BCUT2D eigenvalue weighted by molar-refractivity contribution is 5.77. The van der Waals surface area contributed by atoms with Gasteiger partial charge in [0.05, 0.1) is 0 Å². The van der Waals surface area contributed by atoms with Crippen LogP contribution in [0.5, 0.6) is 0 Å². The summed E-state index contributed by atoms with van der Waals surface area (Å²) in [6.07, 6.45) is 1.52. The number of rotatable bonds is 1. The summed E-state index contributed by atoms with van der Waals surface area (Å²) in [4.78, 5) is 4.28. The topological polar surface area (TPSA) is 29.9 Å². The molecule has 80 valence electrons. The Kier molecular flexibility index (Phi) is 2.25. The molecule has 0 N–H and O–H groups in total. The summed E-state index contributed by atoms with van der Waals surface area (Å²) in [6.45, 7) is 8.58. The number of hydrogen-bond donors (Lipinski definition) is 0. The largest absolute Gasteiger partial charge is 0.437 e. The van der Waals surface area contributed by atoms with Crippen molar-refractivity contribution < 1.29 is 8.98 Å². The van der Waals surface area contributed by atoms with Crippen LogP contribution in [0.1, 0.15) is 36.7 Å². The molecule has 3 nitrogen and oxygen atoms in total. The van der Waals surface area contributed by atoms with E-state index in [9.17, 15) is 0 Å². The van der Waals surface area contributed by atoms with Gasteiger partial charge in [-0.2, -0.15) is 4.57 Å². The summed E-state index contributed by atoms with van der Waals surface area (Å²) in [5, 5.41) is 0. The fraction of sp³-hybridized carbons (Fsp3) is 0.500. The summed E-state index contributed by atoms with van der Waals surface area (Å²) in [6, 6.07) is 0. The van der Waals surface area contributed by atoms with E-state index in [2.05, 4.69) is 44.3 Å². The second-order valence-electron chi connectivity index (χ2n) is 4.34. The van der Waals surface area contributed by atoms with Crippen molar-refractivity contribution in [1.29, 1.82) is 0 Å². The van der Waals surface area contributed by atoms with Gasteiger partial charge < -0.3 is 4.42 Å². The third kappa shape index (κ3) is 1.34. The number of aryl methyl sites for hydroxylation is 2. The van der Waals surface area contributed by atoms with Crippen LogP contribution in [0.4, 0.5) is 0 Å². The van der Waals surface area contributed by atoms with Crippen molar-refractivity contribution in [3.8, 4) is 0 Å². The fourth-order valence-electron chi connectivity index (χ4n) is 2.30. The lowest BCUT2D eigenvalue weighted by Gasteiger charge is -2.09. The highest BCUT2D eigenvalue weighted by atomic mass is 16.3. The normalized spacial score (nSPS) is 11.6. The molecule has 0 aliphatic heterocycles. The first-order valence-electron chi connectivity index (χ1n) is 5.26. The molecule has 0 saturated heterocycles. The molecule has 2 aromatic rings. The van der Waals surface area contributed by atoms with Crippen LogP contribution in [0.15, 0.2) is 10.8 Å². The summed E-state index contributed by atoms with van der Waals surface area (Å²) >= 11 is 0. The van der Waals surface area contributed by atoms with Gasteiger partial charge in [-0.15, -0.1) is 0 Å². The van der Waals surface area contributed by atoms with Crippen LogP contribution in [0.3, 0.4) is 0 Å². The van der Waals surface area contributed by atoms with Crippen molar-refractivity contribution in [2.75, 3.05) is 0 Å². The van der Waals surface area contributed by atoms with E-state index in [0.717, 1.165) is 16.8 Å². The maximum absolute atomic E-state index is 5.41. The predicted molar refractivity (Wildman–Crippen MR) is 58.7 cm³/mol. The zero-order valence-electron chi connectivity index (χ0n) is 9.96. The molecule has 2 aromatic heterocycles. The van der Waals surface area contributed by atoms with Crippen LogP contribution < -0.4 is 4.57 Å². The molecule has 0 unspecified atom stereocenters. The van der Waals surface area contributed by atoms with E-state index < -0.39 is 0 Å². The third-order valence-electron chi connectivity index (χ3n) is 3.05. The Morgan fingerprint density at radius 1 is 1.33 bits per heavy atom. The van der Waals surface area contributed by atoms with Gasteiger partial charge in [-0.1, -0.05) is 13.8 Å². The van der Waals surface area contributed by atoms with Gasteiger partial charge in [0.2, 0.25) is 11.3 Å². The van der Waals surface area contributed by atoms with Gasteiger partial charge in [-0.05, 0) is 6.92 Å². The summed E-state index contributed by atoms with van der Waals surface area (Å²) in [7, 11) is 2.08. The lowest BCUT2D eigenvalue weighted by molar-refractivity contribution is -0.685. The molecule has 0 atom stereocenters. The smallest absolute Gasteiger partial charge is 0.223 e. The van der Waals surface area contributed by atoms with Gasteiger partial charge in [0.15, 0.2) is 12.1 Å². The first-order chi connectivity index (χ1) is 7.04. The Hall–Kier alpha value is -1.38. The number of pyridine rings is 1. The van der Waals surface area contributed by atoms with Crippen molar-refractivity contribution in [3.05, 3.63) is 23.3 Å².